The molecule has 11 heteroatoms. The van der Waals surface area contributed by atoms with Crippen LogP contribution in [0.15, 0.2) is 52.9 Å². The molecule has 1 aliphatic heterocycles. The molecule has 0 radical (unpaired) electrons. The van der Waals surface area contributed by atoms with Crippen molar-refractivity contribution in [2.45, 2.75) is 39.0 Å². The lowest BCUT2D eigenvalue weighted by Crippen LogP contribution is -2.32. The molecule has 40 heavy (non-hydrogen) atoms. The van der Waals surface area contributed by atoms with Crippen LogP contribution in [0.25, 0.3) is 22.4 Å². The van der Waals surface area contributed by atoms with Gasteiger partial charge in [0.1, 0.15) is 17.0 Å². The van der Waals surface area contributed by atoms with Gasteiger partial charge < -0.3 is 25.1 Å². The van der Waals surface area contributed by atoms with E-state index in [1.807, 2.05) is 12.1 Å². The predicted octanol–water partition coefficient (Wildman–Crippen LogP) is 5.54. The molecule has 1 saturated heterocycles. The number of amides is 1. The van der Waals surface area contributed by atoms with Gasteiger partial charge in [-0.25, -0.2) is 9.97 Å². The molecule has 0 saturated carbocycles. The van der Waals surface area contributed by atoms with Crippen LogP contribution in [0, 0.1) is 5.92 Å². The number of nitrogens with one attached hydrogen (secondary N) is 1. The fourth-order valence-electron chi connectivity index (χ4n) is 4.88. The number of methoxy groups -OCH3 is 1. The number of piperidine rings is 1. The first-order valence-electron chi connectivity index (χ1n) is 13.0. The van der Waals surface area contributed by atoms with Gasteiger partial charge in [-0.1, -0.05) is 19.1 Å². The molecule has 4 aromatic rings. The lowest BCUT2D eigenvalue weighted by molar-refractivity contribution is -0.140. The van der Waals surface area contributed by atoms with Crippen molar-refractivity contribution in [3.05, 3.63) is 71.2 Å². The topological polar surface area (TPSA) is 107 Å². The zero-order valence-corrected chi connectivity index (χ0v) is 22.2. The average molecular weight is 554 g/mol. The zero-order chi connectivity index (χ0) is 28.4. The lowest BCUT2D eigenvalue weighted by atomic mass is 9.98. The van der Waals surface area contributed by atoms with Gasteiger partial charge in [0, 0.05) is 36.3 Å². The summed E-state index contributed by atoms with van der Waals surface area (Å²) in [5.41, 5.74) is 7.23. The highest BCUT2D eigenvalue weighted by molar-refractivity contribution is 5.98. The lowest BCUT2D eigenvalue weighted by Gasteiger charge is -2.32. The van der Waals surface area contributed by atoms with E-state index in [0.29, 0.717) is 10.9 Å². The monoisotopic (exact) mass is 553 g/mol. The number of alkyl halides is 3. The first-order valence-corrected chi connectivity index (χ1v) is 13.0. The van der Waals surface area contributed by atoms with E-state index in [-0.39, 0.29) is 41.7 Å². The molecule has 0 spiro atoms. The number of fused-ring (bicyclic) bond motifs is 1. The van der Waals surface area contributed by atoms with E-state index in [4.69, 9.17) is 14.9 Å². The standard InChI is InChI=1S/C29H30F3N5O3/c1-17-10-12-37(13-11-17)19-5-3-4-18(14-19)16-34-27(38)26-23(15-33)40-28(36-26)21-6-8-22(39-2)25-20(21)7-9-24(35-25)29(30,31)32/h3-9,14,17H,10-13,15-16,33H2,1-2H3,(H,34,38). The number of aromatic nitrogens is 2. The number of nitrogens with two attached hydrogens (primary N) is 1. The quantitative estimate of drug-likeness (QED) is 0.309. The number of anilines is 1. The van der Waals surface area contributed by atoms with Crippen molar-refractivity contribution in [3.8, 4) is 17.2 Å². The van der Waals surface area contributed by atoms with Gasteiger partial charge in [-0.2, -0.15) is 13.2 Å². The third-order valence-corrected chi connectivity index (χ3v) is 7.17. The SMILES string of the molecule is COc1ccc(-c2nc(C(=O)NCc3cccc(N4CCC(C)CC4)c3)c(CN)o2)c2ccc(C(F)(F)F)nc12. The molecule has 8 nitrogen and oxygen atoms in total. The smallest absolute Gasteiger partial charge is 0.433 e. The maximum atomic E-state index is 13.3. The number of hydrogen-bond donors (Lipinski definition) is 2. The van der Waals surface area contributed by atoms with Crippen molar-refractivity contribution in [1.82, 2.24) is 15.3 Å². The number of pyridine rings is 1. The normalized spacial score (nSPS) is 14.5. The molecule has 1 amide bonds. The Bertz CT molecular complexity index is 1530. The van der Waals surface area contributed by atoms with Crippen molar-refractivity contribution < 1.29 is 27.1 Å². The minimum atomic E-state index is -4.62. The van der Waals surface area contributed by atoms with Gasteiger partial charge in [0.25, 0.3) is 5.91 Å². The number of benzene rings is 2. The second kappa shape index (κ2) is 11.2. The number of halogens is 3. The number of carbonyl (C=O) groups is 1. The highest BCUT2D eigenvalue weighted by Gasteiger charge is 2.33. The summed E-state index contributed by atoms with van der Waals surface area (Å²) in [6, 6.07) is 13.3. The molecule has 1 aliphatic rings. The van der Waals surface area contributed by atoms with Gasteiger partial charge in [0.05, 0.1) is 13.7 Å². The molecule has 0 bridgehead atoms. The third-order valence-electron chi connectivity index (χ3n) is 7.17. The van der Waals surface area contributed by atoms with Crippen LogP contribution < -0.4 is 20.7 Å². The van der Waals surface area contributed by atoms with Crippen LogP contribution in [0.5, 0.6) is 5.75 Å². The average Bonchev–Trinajstić information content (AvgIpc) is 3.39. The number of hydrogen-bond acceptors (Lipinski definition) is 7. The Morgan fingerprint density at radius 1 is 1.15 bits per heavy atom. The summed E-state index contributed by atoms with van der Waals surface area (Å²) in [6.45, 7) is 4.46. The first-order chi connectivity index (χ1) is 19.2. The molecule has 0 atom stereocenters. The minimum Gasteiger partial charge on any atom is -0.494 e. The minimum absolute atomic E-state index is 0.00336. The van der Waals surface area contributed by atoms with E-state index >= 15 is 0 Å². The van der Waals surface area contributed by atoms with E-state index < -0.39 is 17.8 Å². The van der Waals surface area contributed by atoms with Crippen LogP contribution in [0.1, 0.15) is 47.3 Å². The summed E-state index contributed by atoms with van der Waals surface area (Å²) in [4.78, 5) is 23.6. The van der Waals surface area contributed by atoms with Gasteiger partial charge in [0.15, 0.2) is 11.5 Å². The van der Waals surface area contributed by atoms with E-state index in [1.54, 1.807) is 6.07 Å². The van der Waals surface area contributed by atoms with E-state index in [0.717, 1.165) is 49.2 Å². The molecule has 2 aromatic carbocycles. The van der Waals surface area contributed by atoms with Crippen molar-refractivity contribution in [1.29, 1.82) is 0 Å². The fraction of sp³-hybridized carbons (Fsp3) is 0.345. The summed E-state index contributed by atoms with van der Waals surface area (Å²) in [6.07, 6.45) is -2.32. The highest BCUT2D eigenvalue weighted by Crippen LogP contribution is 2.37. The molecule has 3 N–H and O–H groups in total. The Labute approximate surface area is 229 Å². The molecule has 5 rings (SSSR count). The van der Waals surface area contributed by atoms with Crippen molar-refractivity contribution in [2.24, 2.45) is 11.7 Å². The van der Waals surface area contributed by atoms with Crippen molar-refractivity contribution in [3.63, 3.8) is 0 Å². The maximum absolute atomic E-state index is 13.3. The highest BCUT2D eigenvalue weighted by atomic mass is 19.4. The summed E-state index contributed by atoms with van der Waals surface area (Å²) in [5.74, 6) is 0.624. The zero-order valence-electron chi connectivity index (χ0n) is 22.2. The predicted molar refractivity (Wildman–Crippen MR) is 145 cm³/mol. The van der Waals surface area contributed by atoms with Crippen LogP contribution >= 0.6 is 0 Å². The second-order valence-electron chi connectivity index (χ2n) is 9.92. The molecule has 3 heterocycles. The molecule has 1 fully saturated rings. The largest absolute Gasteiger partial charge is 0.494 e. The Hall–Kier alpha value is -4.12. The van der Waals surface area contributed by atoms with E-state index in [1.165, 1.54) is 19.2 Å². The van der Waals surface area contributed by atoms with Gasteiger partial charge >= 0.3 is 6.18 Å². The van der Waals surface area contributed by atoms with Crippen LogP contribution in [0.4, 0.5) is 18.9 Å². The fourth-order valence-corrected chi connectivity index (χ4v) is 4.88. The summed E-state index contributed by atoms with van der Waals surface area (Å²) in [5, 5.41) is 3.21. The van der Waals surface area contributed by atoms with Gasteiger partial charge in [-0.15, -0.1) is 0 Å². The molecular formula is C29H30F3N5O3. The molecule has 210 valence electrons. The Balaban J connectivity index is 1.39. The van der Waals surface area contributed by atoms with Crippen LogP contribution in [-0.4, -0.2) is 36.1 Å². The first kappa shape index (κ1) is 27.4. The van der Waals surface area contributed by atoms with Crippen LogP contribution in [0.3, 0.4) is 0 Å². The Morgan fingerprint density at radius 3 is 2.62 bits per heavy atom. The molecular weight excluding hydrogens is 523 g/mol. The number of nitrogens with zero attached hydrogens (tertiary/aromatic N) is 3. The summed E-state index contributed by atoms with van der Waals surface area (Å²) < 4.78 is 50.9. The second-order valence-corrected chi connectivity index (χ2v) is 9.92. The van der Waals surface area contributed by atoms with E-state index in [9.17, 15) is 18.0 Å². The Kier molecular flexibility index (Phi) is 7.66. The van der Waals surface area contributed by atoms with Crippen molar-refractivity contribution >= 4 is 22.5 Å². The van der Waals surface area contributed by atoms with E-state index in [2.05, 4.69) is 39.2 Å². The van der Waals surface area contributed by atoms with Gasteiger partial charge in [-0.05, 0) is 60.7 Å². The van der Waals surface area contributed by atoms with Crippen molar-refractivity contribution in [2.75, 3.05) is 25.1 Å². The summed E-state index contributed by atoms with van der Waals surface area (Å²) >= 11 is 0. The molecule has 0 unspecified atom stereocenters. The van der Waals surface area contributed by atoms with Gasteiger partial charge in [-0.3, -0.25) is 4.79 Å². The summed E-state index contributed by atoms with van der Waals surface area (Å²) in [7, 11) is 1.35. The maximum Gasteiger partial charge on any atom is 0.433 e. The van der Waals surface area contributed by atoms with Crippen LogP contribution in [-0.2, 0) is 19.3 Å². The number of rotatable bonds is 7. The van der Waals surface area contributed by atoms with Gasteiger partial charge in [0.2, 0.25) is 5.89 Å². The number of ether oxygens (including phenoxy) is 1. The third kappa shape index (κ3) is 5.60. The number of oxazole rings is 1. The molecule has 2 aromatic heterocycles. The van der Waals surface area contributed by atoms with Crippen LogP contribution in [0.2, 0.25) is 0 Å². The molecule has 0 aliphatic carbocycles. The Morgan fingerprint density at radius 2 is 1.93 bits per heavy atom. The number of carbonyl (C=O) groups excluding carboxylic acids is 1.